The zero-order valence-electron chi connectivity index (χ0n) is 17.2. The number of nitrogens with zero attached hydrogens (tertiary/aromatic N) is 4. The monoisotopic (exact) mass is 475 g/mol. The molecule has 11 heteroatoms. The van der Waals surface area contributed by atoms with Crippen molar-refractivity contribution in [3.05, 3.63) is 57.6 Å². The van der Waals surface area contributed by atoms with E-state index in [0.717, 1.165) is 48.1 Å². The highest BCUT2D eigenvalue weighted by molar-refractivity contribution is 7.22. The molecule has 0 bridgehead atoms. The van der Waals surface area contributed by atoms with Crippen molar-refractivity contribution in [2.45, 2.75) is 0 Å². The number of anilines is 1. The first-order valence-electron chi connectivity index (χ1n) is 10.2. The van der Waals surface area contributed by atoms with Crippen molar-refractivity contribution < 1.29 is 14.5 Å². The molecule has 0 radical (unpaired) electrons. The smallest absolute Gasteiger partial charge is 0.270 e. The second kappa shape index (κ2) is 10.1. The van der Waals surface area contributed by atoms with Gasteiger partial charge in [-0.2, -0.15) is 0 Å². The van der Waals surface area contributed by atoms with Gasteiger partial charge in [-0.15, -0.1) is 0 Å². The third-order valence-electron chi connectivity index (χ3n) is 5.15. The summed E-state index contributed by atoms with van der Waals surface area (Å²) in [5.74, 6) is 0.437. The van der Waals surface area contributed by atoms with E-state index in [1.807, 2.05) is 0 Å². The van der Waals surface area contributed by atoms with Crippen LogP contribution in [0.3, 0.4) is 0 Å². The van der Waals surface area contributed by atoms with Crippen molar-refractivity contribution >= 4 is 49.9 Å². The Morgan fingerprint density at radius 1 is 1.19 bits per heavy atom. The normalized spacial score (nSPS) is 14.5. The van der Waals surface area contributed by atoms with Crippen LogP contribution in [0.4, 0.5) is 10.8 Å². The van der Waals surface area contributed by atoms with Crippen molar-refractivity contribution in [2.75, 3.05) is 50.8 Å². The van der Waals surface area contributed by atoms with Crippen LogP contribution in [-0.2, 0) is 4.79 Å². The summed E-state index contributed by atoms with van der Waals surface area (Å²) in [7, 11) is 0. The van der Waals surface area contributed by atoms with E-state index in [2.05, 4.69) is 20.1 Å². The lowest BCUT2D eigenvalue weighted by molar-refractivity contribution is -0.384. The Bertz CT molecular complexity index is 1100. The number of carbonyl (C=O) groups excluding carboxylic acids is 1. The Labute approximate surface area is 193 Å². The minimum absolute atomic E-state index is 0.0365. The SMILES string of the molecule is O=C(COc1ccc(Cl)cc1)NCCN1CCN(c2nc3ccc([N+](=O)[O-])cc3s2)CC1. The number of thiazole rings is 1. The van der Waals surface area contributed by atoms with Gasteiger partial charge in [0, 0.05) is 56.4 Å². The molecule has 1 saturated heterocycles. The molecule has 2 heterocycles. The van der Waals surface area contributed by atoms with Gasteiger partial charge in [-0.3, -0.25) is 19.8 Å². The molecule has 3 aromatic rings. The number of amides is 1. The van der Waals surface area contributed by atoms with Gasteiger partial charge in [0.25, 0.3) is 11.6 Å². The molecular weight excluding hydrogens is 454 g/mol. The first-order chi connectivity index (χ1) is 15.5. The molecular formula is C21H22ClN5O4S. The van der Waals surface area contributed by atoms with Gasteiger partial charge >= 0.3 is 0 Å². The molecule has 1 aliphatic heterocycles. The van der Waals surface area contributed by atoms with Crippen LogP contribution in [0.15, 0.2) is 42.5 Å². The van der Waals surface area contributed by atoms with E-state index in [-0.39, 0.29) is 23.1 Å². The number of nitro groups is 1. The molecule has 0 saturated carbocycles. The van der Waals surface area contributed by atoms with E-state index in [0.29, 0.717) is 17.3 Å². The van der Waals surface area contributed by atoms with E-state index in [1.54, 1.807) is 36.4 Å². The number of nitrogens with one attached hydrogen (secondary N) is 1. The van der Waals surface area contributed by atoms with Gasteiger partial charge in [0.05, 0.1) is 15.1 Å². The van der Waals surface area contributed by atoms with Crippen molar-refractivity contribution in [1.29, 1.82) is 0 Å². The third kappa shape index (κ3) is 5.64. The number of piperazine rings is 1. The highest BCUT2D eigenvalue weighted by Crippen LogP contribution is 2.31. The number of nitro benzene ring substituents is 1. The molecule has 9 nitrogen and oxygen atoms in total. The number of hydrogen-bond acceptors (Lipinski definition) is 8. The zero-order chi connectivity index (χ0) is 22.5. The Morgan fingerprint density at radius 3 is 2.66 bits per heavy atom. The maximum atomic E-state index is 12.0. The largest absolute Gasteiger partial charge is 0.484 e. The van der Waals surface area contributed by atoms with E-state index < -0.39 is 0 Å². The second-order valence-corrected chi connectivity index (χ2v) is 8.77. The number of benzene rings is 2. The number of non-ortho nitro benzene ring substituents is 1. The topological polar surface area (TPSA) is 101 Å². The molecule has 0 atom stereocenters. The van der Waals surface area contributed by atoms with Crippen LogP contribution in [0, 0.1) is 10.1 Å². The highest BCUT2D eigenvalue weighted by atomic mass is 35.5. The van der Waals surface area contributed by atoms with Crippen LogP contribution in [-0.4, -0.2) is 66.6 Å². The molecule has 2 aromatic carbocycles. The molecule has 168 valence electrons. The fraction of sp³-hybridized carbons (Fsp3) is 0.333. The van der Waals surface area contributed by atoms with Crippen molar-refractivity contribution in [3.8, 4) is 5.75 Å². The van der Waals surface area contributed by atoms with Crippen molar-refractivity contribution in [1.82, 2.24) is 15.2 Å². The van der Waals surface area contributed by atoms with Gasteiger partial charge in [-0.05, 0) is 30.3 Å². The summed E-state index contributed by atoms with van der Waals surface area (Å²) in [6, 6.07) is 11.6. The van der Waals surface area contributed by atoms with Crippen molar-refractivity contribution in [3.63, 3.8) is 0 Å². The van der Waals surface area contributed by atoms with Gasteiger partial charge < -0.3 is 15.0 Å². The lowest BCUT2D eigenvalue weighted by Gasteiger charge is -2.34. The predicted octanol–water partition coefficient (Wildman–Crippen LogP) is 3.18. The van der Waals surface area contributed by atoms with Gasteiger partial charge in [0.2, 0.25) is 0 Å². The summed E-state index contributed by atoms with van der Waals surface area (Å²) in [5, 5.41) is 15.3. The molecule has 1 N–H and O–H groups in total. The quantitative estimate of drug-likeness (QED) is 0.394. The first kappa shape index (κ1) is 22.3. The predicted molar refractivity (Wildman–Crippen MR) is 125 cm³/mol. The van der Waals surface area contributed by atoms with E-state index >= 15 is 0 Å². The summed E-state index contributed by atoms with van der Waals surface area (Å²) >= 11 is 7.30. The summed E-state index contributed by atoms with van der Waals surface area (Å²) in [5.41, 5.74) is 0.861. The van der Waals surface area contributed by atoms with Gasteiger partial charge in [0.1, 0.15) is 5.75 Å². The van der Waals surface area contributed by atoms with Crippen LogP contribution in [0.1, 0.15) is 0 Å². The molecule has 1 fully saturated rings. The van der Waals surface area contributed by atoms with Gasteiger partial charge in [0.15, 0.2) is 11.7 Å². The van der Waals surface area contributed by atoms with E-state index in [1.165, 1.54) is 17.4 Å². The summed E-state index contributed by atoms with van der Waals surface area (Å²) in [4.78, 5) is 31.7. The lowest BCUT2D eigenvalue weighted by Crippen LogP contribution is -2.48. The minimum atomic E-state index is -0.389. The van der Waals surface area contributed by atoms with Crippen molar-refractivity contribution in [2.24, 2.45) is 0 Å². The minimum Gasteiger partial charge on any atom is -0.484 e. The van der Waals surface area contributed by atoms with Crippen LogP contribution in [0.25, 0.3) is 10.2 Å². The molecule has 1 aromatic heterocycles. The fourth-order valence-corrected chi connectivity index (χ4v) is 4.57. The molecule has 32 heavy (non-hydrogen) atoms. The van der Waals surface area contributed by atoms with Crippen LogP contribution < -0.4 is 15.0 Å². The number of hydrogen-bond donors (Lipinski definition) is 1. The molecule has 1 aliphatic rings. The number of aromatic nitrogens is 1. The summed E-state index contributed by atoms with van der Waals surface area (Å²) in [6.45, 7) is 4.61. The molecule has 0 aliphatic carbocycles. The molecule has 0 unspecified atom stereocenters. The van der Waals surface area contributed by atoms with Crippen LogP contribution in [0.2, 0.25) is 5.02 Å². The second-order valence-electron chi connectivity index (χ2n) is 7.33. The number of carbonyl (C=O) groups is 1. The lowest BCUT2D eigenvalue weighted by atomic mass is 10.3. The highest BCUT2D eigenvalue weighted by Gasteiger charge is 2.20. The van der Waals surface area contributed by atoms with Gasteiger partial charge in [-0.1, -0.05) is 22.9 Å². The summed E-state index contributed by atoms with van der Waals surface area (Å²) in [6.07, 6.45) is 0. The van der Waals surface area contributed by atoms with Crippen LogP contribution in [0.5, 0.6) is 5.75 Å². The van der Waals surface area contributed by atoms with Gasteiger partial charge in [-0.25, -0.2) is 4.98 Å². The number of halogens is 1. The zero-order valence-corrected chi connectivity index (χ0v) is 18.8. The fourth-order valence-electron chi connectivity index (χ4n) is 3.40. The average Bonchev–Trinajstić information content (AvgIpc) is 3.22. The molecule has 4 rings (SSSR count). The maximum absolute atomic E-state index is 12.0. The Hall–Kier alpha value is -2.95. The number of rotatable bonds is 8. The summed E-state index contributed by atoms with van der Waals surface area (Å²) < 4.78 is 6.26. The molecule has 0 spiro atoms. The first-order valence-corrected chi connectivity index (χ1v) is 11.3. The van der Waals surface area contributed by atoms with Crippen LogP contribution >= 0.6 is 22.9 Å². The Morgan fingerprint density at radius 2 is 1.94 bits per heavy atom. The third-order valence-corrected chi connectivity index (χ3v) is 6.48. The number of ether oxygens (including phenoxy) is 1. The average molecular weight is 476 g/mol. The maximum Gasteiger partial charge on any atom is 0.270 e. The van der Waals surface area contributed by atoms with E-state index in [9.17, 15) is 14.9 Å². The molecule has 1 amide bonds. The standard InChI is InChI=1S/C21H22ClN5O4S/c22-15-1-4-17(5-2-15)31-14-20(28)23-7-8-25-9-11-26(12-10-25)21-24-18-6-3-16(27(29)30)13-19(18)32-21/h1-6,13H,7-12,14H2,(H,23,28). The Kier molecular flexibility index (Phi) is 7.03. The van der Waals surface area contributed by atoms with E-state index in [4.69, 9.17) is 16.3 Å². The Balaban J connectivity index is 1.19. The number of fused-ring (bicyclic) bond motifs is 1.